The Morgan fingerprint density at radius 2 is 1.85 bits per heavy atom. The summed E-state index contributed by atoms with van der Waals surface area (Å²) in [5.74, 6) is 0.850. The fourth-order valence-corrected chi connectivity index (χ4v) is 1.63. The zero-order valence-electron chi connectivity index (χ0n) is 13.0. The zero-order chi connectivity index (χ0) is 15.0. The van der Waals surface area contributed by atoms with Crippen LogP contribution in [0.3, 0.4) is 0 Å². The van der Waals surface area contributed by atoms with Crippen molar-refractivity contribution in [3.8, 4) is 5.75 Å². The molecule has 1 amide bonds. The minimum absolute atomic E-state index is 0.0176. The molecule has 20 heavy (non-hydrogen) atoms. The van der Waals surface area contributed by atoms with Gasteiger partial charge in [-0.25, -0.2) is 0 Å². The molecule has 4 nitrogen and oxygen atoms in total. The van der Waals surface area contributed by atoms with E-state index in [-0.39, 0.29) is 11.4 Å². The van der Waals surface area contributed by atoms with Crippen molar-refractivity contribution < 1.29 is 9.53 Å². The lowest BCUT2D eigenvalue weighted by molar-refractivity contribution is -0.116. The van der Waals surface area contributed by atoms with E-state index < -0.39 is 0 Å². The average Bonchev–Trinajstić information content (AvgIpc) is 2.36. The van der Waals surface area contributed by atoms with Crippen molar-refractivity contribution in [3.05, 3.63) is 24.3 Å². The summed E-state index contributed by atoms with van der Waals surface area (Å²) in [4.78, 5) is 11.8. The average molecular weight is 278 g/mol. The first-order valence-electron chi connectivity index (χ1n) is 7.18. The highest BCUT2D eigenvalue weighted by Crippen LogP contribution is 2.16. The van der Waals surface area contributed by atoms with E-state index in [9.17, 15) is 4.79 Å². The summed E-state index contributed by atoms with van der Waals surface area (Å²) in [6.45, 7) is 9.71. The molecular weight excluding hydrogens is 252 g/mol. The highest BCUT2D eigenvalue weighted by Gasteiger charge is 2.09. The lowest BCUT2D eigenvalue weighted by Gasteiger charge is -2.20. The summed E-state index contributed by atoms with van der Waals surface area (Å²) in [5, 5.41) is 6.17. The lowest BCUT2D eigenvalue weighted by atomic mass is 10.1. The number of carbonyl (C=O) groups is 1. The molecule has 0 unspecified atom stereocenters. The Morgan fingerprint density at radius 3 is 2.40 bits per heavy atom. The van der Waals surface area contributed by atoms with Crippen molar-refractivity contribution in [3.63, 3.8) is 0 Å². The van der Waals surface area contributed by atoms with E-state index in [2.05, 4.69) is 38.3 Å². The van der Waals surface area contributed by atoms with Crippen molar-refractivity contribution in [1.29, 1.82) is 0 Å². The van der Waals surface area contributed by atoms with E-state index >= 15 is 0 Å². The van der Waals surface area contributed by atoms with Gasteiger partial charge in [-0.3, -0.25) is 4.79 Å². The zero-order valence-corrected chi connectivity index (χ0v) is 13.0. The van der Waals surface area contributed by atoms with Crippen LogP contribution in [0.2, 0.25) is 0 Å². The predicted molar refractivity (Wildman–Crippen MR) is 83.2 cm³/mol. The quantitative estimate of drug-likeness (QED) is 0.805. The second-order valence-corrected chi connectivity index (χ2v) is 5.85. The van der Waals surface area contributed by atoms with E-state index in [1.54, 1.807) is 0 Å². The topological polar surface area (TPSA) is 50.4 Å². The molecule has 1 rings (SSSR count). The van der Waals surface area contributed by atoms with Gasteiger partial charge >= 0.3 is 0 Å². The van der Waals surface area contributed by atoms with Crippen molar-refractivity contribution in [2.75, 3.05) is 18.5 Å². The van der Waals surface area contributed by atoms with Crippen molar-refractivity contribution in [1.82, 2.24) is 5.32 Å². The summed E-state index contributed by atoms with van der Waals surface area (Å²) < 4.78 is 5.49. The third-order valence-corrected chi connectivity index (χ3v) is 2.62. The molecule has 112 valence electrons. The molecule has 0 heterocycles. The van der Waals surface area contributed by atoms with Crippen LogP contribution in [-0.2, 0) is 4.79 Å². The molecule has 0 saturated heterocycles. The normalized spacial score (nSPS) is 11.2. The first kappa shape index (κ1) is 16.5. The van der Waals surface area contributed by atoms with Crippen LogP contribution in [0.15, 0.2) is 24.3 Å². The fraction of sp³-hybridized carbons (Fsp3) is 0.562. The van der Waals surface area contributed by atoms with Crippen LogP contribution in [0, 0.1) is 0 Å². The molecule has 0 radical (unpaired) electrons. The maximum absolute atomic E-state index is 11.8. The summed E-state index contributed by atoms with van der Waals surface area (Å²) in [7, 11) is 0. The van der Waals surface area contributed by atoms with Crippen LogP contribution < -0.4 is 15.4 Å². The smallest absolute Gasteiger partial charge is 0.225 e. The van der Waals surface area contributed by atoms with Gasteiger partial charge in [-0.05, 0) is 51.5 Å². The fourth-order valence-electron chi connectivity index (χ4n) is 1.63. The van der Waals surface area contributed by atoms with Crippen molar-refractivity contribution in [2.45, 2.75) is 46.1 Å². The molecule has 1 aromatic rings. The monoisotopic (exact) mass is 278 g/mol. The molecule has 2 N–H and O–H groups in total. The summed E-state index contributed by atoms with van der Waals surface area (Å²) in [6, 6.07) is 7.47. The van der Waals surface area contributed by atoms with E-state index in [1.165, 1.54) is 0 Å². The number of hydrogen-bond donors (Lipinski definition) is 2. The van der Waals surface area contributed by atoms with E-state index in [1.807, 2.05) is 24.3 Å². The minimum Gasteiger partial charge on any atom is -0.494 e. The molecule has 0 aliphatic heterocycles. The van der Waals surface area contributed by atoms with Gasteiger partial charge in [0.15, 0.2) is 0 Å². The third-order valence-electron chi connectivity index (χ3n) is 2.62. The van der Waals surface area contributed by atoms with Gasteiger partial charge in [0, 0.05) is 24.2 Å². The van der Waals surface area contributed by atoms with Gasteiger partial charge in [-0.1, -0.05) is 6.92 Å². The van der Waals surface area contributed by atoms with Gasteiger partial charge in [0.05, 0.1) is 6.61 Å². The molecule has 0 bridgehead atoms. The van der Waals surface area contributed by atoms with Gasteiger partial charge < -0.3 is 15.4 Å². The van der Waals surface area contributed by atoms with Gasteiger partial charge in [-0.15, -0.1) is 0 Å². The number of amides is 1. The highest BCUT2D eigenvalue weighted by atomic mass is 16.5. The maximum atomic E-state index is 11.8. The number of nitrogens with one attached hydrogen (secondary N) is 2. The molecule has 1 aromatic carbocycles. The molecule has 0 aliphatic carbocycles. The Morgan fingerprint density at radius 1 is 1.20 bits per heavy atom. The van der Waals surface area contributed by atoms with Crippen LogP contribution in [-0.4, -0.2) is 24.6 Å². The minimum atomic E-state index is 0.0176. The van der Waals surface area contributed by atoms with Gasteiger partial charge in [0.1, 0.15) is 5.75 Å². The van der Waals surface area contributed by atoms with Crippen molar-refractivity contribution >= 4 is 11.6 Å². The molecule has 0 saturated carbocycles. The third kappa shape index (κ3) is 7.14. The first-order chi connectivity index (χ1) is 9.40. The standard InChI is InChI=1S/C16H26N2O2/c1-5-12-20-14-8-6-13(7-9-14)18-15(19)10-11-17-16(2,3)4/h6-9,17H,5,10-12H2,1-4H3,(H,18,19). The predicted octanol–water partition coefficient (Wildman–Crippen LogP) is 3.19. The van der Waals surface area contributed by atoms with E-state index in [4.69, 9.17) is 4.74 Å². The number of anilines is 1. The number of carbonyl (C=O) groups excluding carboxylic acids is 1. The van der Waals surface area contributed by atoms with Crippen LogP contribution in [0.5, 0.6) is 5.75 Å². The second-order valence-electron chi connectivity index (χ2n) is 5.85. The number of hydrogen-bond acceptors (Lipinski definition) is 3. The van der Waals surface area contributed by atoms with Crippen molar-refractivity contribution in [2.24, 2.45) is 0 Å². The number of ether oxygens (including phenoxy) is 1. The number of rotatable bonds is 7. The second kappa shape index (κ2) is 7.90. The van der Waals surface area contributed by atoms with E-state index in [0.717, 1.165) is 17.9 Å². The van der Waals surface area contributed by atoms with Gasteiger partial charge in [-0.2, -0.15) is 0 Å². The Hall–Kier alpha value is -1.55. The highest BCUT2D eigenvalue weighted by molar-refractivity contribution is 5.90. The summed E-state index contributed by atoms with van der Waals surface area (Å²) in [6.07, 6.45) is 1.45. The first-order valence-corrected chi connectivity index (χ1v) is 7.18. The molecule has 0 atom stereocenters. The SMILES string of the molecule is CCCOc1ccc(NC(=O)CCNC(C)(C)C)cc1. The van der Waals surface area contributed by atoms with Crippen LogP contribution in [0.25, 0.3) is 0 Å². The van der Waals surface area contributed by atoms with Crippen LogP contribution in [0.1, 0.15) is 40.5 Å². The Bertz CT molecular complexity index is 407. The maximum Gasteiger partial charge on any atom is 0.225 e. The van der Waals surface area contributed by atoms with E-state index in [0.29, 0.717) is 19.6 Å². The molecule has 4 heteroatoms. The molecule has 0 aromatic heterocycles. The molecular formula is C16H26N2O2. The Balaban J connectivity index is 2.34. The lowest BCUT2D eigenvalue weighted by Crippen LogP contribution is -2.37. The Kier molecular flexibility index (Phi) is 6.52. The summed E-state index contributed by atoms with van der Waals surface area (Å²) >= 11 is 0. The molecule has 0 spiro atoms. The van der Waals surface area contributed by atoms with Gasteiger partial charge in [0.2, 0.25) is 5.91 Å². The number of benzene rings is 1. The molecule has 0 aliphatic rings. The van der Waals surface area contributed by atoms with Gasteiger partial charge in [0.25, 0.3) is 0 Å². The summed E-state index contributed by atoms with van der Waals surface area (Å²) in [5.41, 5.74) is 0.841. The van der Waals surface area contributed by atoms with Crippen LogP contribution in [0.4, 0.5) is 5.69 Å². The largest absolute Gasteiger partial charge is 0.494 e. The van der Waals surface area contributed by atoms with Crippen LogP contribution >= 0.6 is 0 Å². The molecule has 0 fully saturated rings. The Labute approximate surface area is 121 Å².